The Hall–Kier alpha value is -1.30. The van der Waals surface area contributed by atoms with E-state index in [1.165, 1.54) is 0 Å². The third-order valence-corrected chi connectivity index (χ3v) is 2.19. The quantitative estimate of drug-likeness (QED) is 0.599. The molecule has 0 unspecified atom stereocenters. The smallest absolute Gasteiger partial charge is 0.250 e. The molecule has 0 spiro atoms. The van der Waals surface area contributed by atoms with Crippen molar-refractivity contribution in [3.05, 3.63) is 23.2 Å². The molecule has 1 amide bonds. The van der Waals surface area contributed by atoms with Crippen LogP contribution in [-0.4, -0.2) is 32.8 Å². The van der Waals surface area contributed by atoms with Gasteiger partial charge in [0.05, 0.1) is 24.6 Å². The molecule has 0 aliphatic carbocycles. The maximum absolute atomic E-state index is 11.5. The van der Waals surface area contributed by atoms with Gasteiger partial charge in [0, 0.05) is 12.1 Å². The summed E-state index contributed by atoms with van der Waals surface area (Å²) >= 11 is 5.79. The Labute approximate surface area is 105 Å². The van der Waals surface area contributed by atoms with Crippen LogP contribution in [0.4, 0.5) is 11.4 Å². The van der Waals surface area contributed by atoms with E-state index in [0.29, 0.717) is 29.6 Å². The summed E-state index contributed by atoms with van der Waals surface area (Å²) in [5.41, 5.74) is 6.62. The molecule has 0 saturated heterocycles. The highest BCUT2D eigenvalue weighted by atomic mass is 35.5. The predicted molar refractivity (Wildman–Crippen MR) is 67.2 cm³/mol. The Bertz CT molecular complexity index is 385. The Morgan fingerprint density at radius 2 is 2.24 bits per heavy atom. The number of carbonyl (C=O) groups excluding carboxylic acids is 1. The average Bonchev–Trinajstić information content (AvgIpc) is 2.29. The van der Waals surface area contributed by atoms with E-state index in [9.17, 15) is 4.79 Å². The van der Waals surface area contributed by atoms with Gasteiger partial charge in [0.2, 0.25) is 5.91 Å². The highest BCUT2D eigenvalue weighted by molar-refractivity contribution is 6.31. The first-order valence-corrected chi connectivity index (χ1v) is 5.43. The molecule has 6 heteroatoms. The van der Waals surface area contributed by atoms with Crippen LogP contribution in [-0.2, 0) is 14.3 Å². The zero-order valence-corrected chi connectivity index (χ0v) is 10.3. The molecular weight excluding hydrogens is 244 g/mol. The summed E-state index contributed by atoms with van der Waals surface area (Å²) in [5, 5.41) is 3.12. The number of rotatable bonds is 6. The molecule has 0 aliphatic heterocycles. The van der Waals surface area contributed by atoms with Crippen molar-refractivity contribution >= 4 is 28.9 Å². The van der Waals surface area contributed by atoms with Gasteiger partial charge < -0.3 is 20.5 Å². The lowest BCUT2D eigenvalue weighted by atomic mass is 10.2. The molecule has 0 aliphatic rings. The minimum atomic E-state index is -0.282. The molecule has 1 aromatic carbocycles. The van der Waals surface area contributed by atoms with Crippen molar-refractivity contribution in [2.24, 2.45) is 0 Å². The second kappa shape index (κ2) is 7.11. The summed E-state index contributed by atoms with van der Waals surface area (Å²) in [7, 11) is 1.57. The molecule has 1 rings (SSSR count). The molecule has 1 aromatic rings. The van der Waals surface area contributed by atoms with E-state index in [2.05, 4.69) is 5.32 Å². The van der Waals surface area contributed by atoms with E-state index >= 15 is 0 Å². The number of hydrogen-bond acceptors (Lipinski definition) is 4. The number of hydrogen-bond donors (Lipinski definition) is 2. The zero-order chi connectivity index (χ0) is 12.7. The molecule has 5 nitrogen and oxygen atoms in total. The van der Waals surface area contributed by atoms with Crippen molar-refractivity contribution in [2.75, 3.05) is 38.0 Å². The van der Waals surface area contributed by atoms with Crippen molar-refractivity contribution in [3.63, 3.8) is 0 Å². The lowest BCUT2D eigenvalue weighted by molar-refractivity contribution is -0.121. The van der Waals surface area contributed by atoms with Gasteiger partial charge in [0.1, 0.15) is 6.61 Å². The van der Waals surface area contributed by atoms with Crippen LogP contribution in [0.1, 0.15) is 0 Å². The molecule has 94 valence electrons. The number of ether oxygens (including phenoxy) is 2. The molecule has 0 aromatic heterocycles. The number of methoxy groups -OCH3 is 1. The van der Waals surface area contributed by atoms with Gasteiger partial charge in [-0.05, 0) is 18.2 Å². The zero-order valence-electron chi connectivity index (χ0n) is 9.53. The number of nitrogen functional groups attached to an aromatic ring is 1. The van der Waals surface area contributed by atoms with Gasteiger partial charge in [0.25, 0.3) is 0 Å². The van der Waals surface area contributed by atoms with E-state index in [0.717, 1.165) is 0 Å². The van der Waals surface area contributed by atoms with Gasteiger partial charge in [-0.2, -0.15) is 0 Å². The number of halogens is 1. The minimum Gasteiger partial charge on any atom is -0.397 e. The minimum absolute atomic E-state index is 0.0463. The summed E-state index contributed by atoms with van der Waals surface area (Å²) in [6.45, 7) is 0.775. The van der Waals surface area contributed by atoms with Gasteiger partial charge in [-0.3, -0.25) is 4.79 Å². The van der Waals surface area contributed by atoms with Crippen molar-refractivity contribution < 1.29 is 14.3 Å². The fourth-order valence-electron chi connectivity index (χ4n) is 1.13. The highest BCUT2D eigenvalue weighted by Gasteiger charge is 2.05. The molecule has 0 bridgehead atoms. The van der Waals surface area contributed by atoms with E-state index in [4.69, 9.17) is 26.8 Å². The van der Waals surface area contributed by atoms with Gasteiger partial charge in [0.15, 0.2) is 0 Å². The van der Waals surface area contributed by atoms with E-state index in [1.807, 2.05) is 0 Å². The Morgan fingerprint density at radius 3 is 2.94 bits per heavy atom. The van der Waals surface area contributed by atoms with Crippen LogP contribution in [0.3, 0.4) is 0 Å². The van der Waals surface area contributed by atoms with Crippen LogP contribution in [0.25, 0.3) is 0 Å². The Balaban J connectivity index is 2.42. The second-order valence-corrected chi connectivity index (χ2v) is 3.76. The fourth-order valence-corrected chi connectivity index (χ4v) is 1.30. The standard InChI is InChI=1S/C11H15ClN2O3/c1-16-4-5-17-7-11(15)14-10-6-8(12)2-3-9(10)13/h2-3,6H,4-5,7,13H2,1H3,(H,14,15). The maximum atomic E-state index is 11.5. The highest BCUT2D eigenvalue weighted by Crippen LogP contribution is 2.22. The van der Waals surface area contributed by atoms with Crippen LogP contribution in [0.2, 0.25) is 5.02 Å². The fraction of sp³-hybridized carbons (Fsp3) is 0.364. The molecule has 3 N–H and O–H groups in total. The first kappa shape index (κ1) is 13.8. The summed E-state index contributed by atoms with van der Waals surface area (Å²) in [6.07, 6.45) is 0. The molecule has 0 fully saturated rings. The van der Waals surface area contributed by atoms with Gasteiger partial charge >= 0.3 is 0 Å². The molecule has 17 heavy (non-hydrogen) atoms. The number of amides is 1. The molecular formula is C11H15ClN2O3. The first-order valence-electron chi connectivity index (χ1n) is 5.05. The van der Waals surface area contributed by atoms with Crippen LogP contribution >= 0.6 is 11.6 Å². The van der Waals surface area contributed by atoms with Gasteiger partial charge in [-0.1, -0.05) is 11.6 Å². The number of anilines is 2. The third kappa shape index (κ3) is 5.04. The third-order valence-electron chi connectivity index (χ3n) is 1.95. The number of nitrogens with two attached hydrogens (primary N) is 1. The monoisotopic (exact) mass is 258 g/mol. The van der Waals surface area contributed by atoms with E-state index in [-0.39, 0.29) is 12.5 Å². The SMILES string of the molecule is COCCOCC(=O)Nc1cc(Cl)ccc1N. The lowest BCUT2D eigenvalue weighted by Crippen LogP contribution is -2.20. The largest absolute Gasteiger partial charge is 0.397 e. The van der Waals surface area contributed by atoms with Crippen molar-refractivity contribution in [1.82, 2.24) is 0 Å². The van der Waals surface area contributed by atoms with Gasteiger partial charge in [-0.25, -0.2) is 0 Å². The Morgan fingerprint density at radius 1 is 1.47 bits per heavy atom. The maximum Gasteiger partial charge on any atom is 0.250 e. The van der Waals surface area contributed by atoms with E-state index < -0.39 is 0 Å². The predicted octanol–water partition coefficient (Wildman–Crippen LogP) is 1.52. The molecule has 0 heterocycles. The molecule has 0 atom stereocenters. The Kier molecular flexibility index (Phi) is 5.76. The molecule has 0 radical (unpaired) electrons. The second-order valence-electron chi connectivity index (χ2n) is 3.33. The van der Waals surface area contributed by atoms with Crippen molar-refractivity contribution in [1.29, 1.82) is 0 Å². The number of benzene rings is 1. The van der Waals surface area contributed by atoms with Crippen LogP contribution in [0, 0.1) is 0 Å². The van der Waals surface area contributed by atoms with Crippen LogP contribution in [0.15, 0.2) is 18.2 Å². The number of carbonyl (C=O) groups is 1. The summed E-state index contributed by atoms with van der Waals surface area (Å²) < 4.78 is 9.85. The topological polar surface area (TPSA) is 73.6 Å². The lowest BCUT2D eigenvalue weighted by Gasteiger charge is -2.08. The van der Waals surface area contributed by atoms with Crippen molar-refractivity contribution in [2.45, 2.75) is 0 Å². The van der Waals surface area contributed by atoms with Gasteiger partial charge in [-0.15, -0.1) is 0 Å². The van der Waals surface area contributed by atoms with Crippen LogP contribution in [0.5, 0.6) is 0 Å². The van der Waals surface area contributed by atoms with Crippen LogP contribution < -0.4 is 11.1 Å². The molecule has 0 saturated carbocycles. The number of nitrogens with one attached hydrogen (secondary N) is 1. The van der Waals surface area contributed by atoms with Crippen molar-refractivity contribution in [3.8, 4) is 0 Å². The van der Waals surface area contributed by atoms with E-state index in [1.54, 1.807) is 25.3 Å². The first-order chi connectivity index (χ1) is 8.13. The average molecular weight is 259 g/mol. The normalized spacial score (nSPS) is 10.2. The summed E-state index contributed by atoms with van der Waals surface area (Å²) in [6, 6.07) is 4.87. The summed E-state index contributed by atoms with van der Waals surface area (Å²) in [5.74, 6) is -0.282. The summed E-state index contributed by atoms with van der Waals surface area (Å²) in [4.78, 5) is 11.5.